The van der Waals surface area contributed by atoms with Crippen molar-refractivity contribution in [3.63, 3.8) is 0 Å². The second-order valence-electron chi connectivity index (χ2n) is 4.88. The van der Waals surface area contributed by atoms with E-state index in [0.29, 0.717) is 5.56 Å². The van der Waals surface area contributed by atoms with Gasteiger partial charge in [-0.15, -0.1) is 0 Å². The standard InChI is InChI=1S/C19H15N3/c20-14-15-6-8-17(9-7-15)22-19-12-10-18(11-13-19)21-16-4-2-1-3-5-16/h1-13,21-22H. The Morgan fingerprint density at radius 1 is 0.545 bits per heavy atom. The van der Waals surface area contributed by atoms with Crippen molar-refractivity contribution < 1.29 is 0 Å². The Hall–Kier alpha value is -3.25. The van der Waals surface area contributed by atoms with Crippen LogP contribution in [0.3, 0.4) is 0 Å². The number of nitrogens with one attached hydrogen (secondary N) is 2. The number of rotatable bonds is 4. The first-order valence-corrected chi connectivity index (χ1v) is 7.03. The average Bonchev–Trinajstić information content (AvgIpc) is 2.58. The maximum absolute atomic E-state index is 8.79. The Balaban J connectivity index is 1.67. The van der Waals surface area contributed by atoms with Crippen LogP contribution >= 0.6 is 0 Å². The molecule has 0 aliphatic rings. The number of nitrogens with zero attached hydrogens (tertiary/aromatic N) is 1. The highest BCUT2D eigenvalue weighted by molar-refractivity contribution is 5.66. The predicted molar refractivity (Wildman–Crippen MR) is 90.6 cm³/mol. The van der Waals surface area contributed by atoms with Gasteiger partial charge < -0.3 is 10.6 Å². The zero-order valence-electron chi connectivity index (χ0n) is 12.0. The summed E-state index contributed by atoms with van der Waals surface area (Å²) in [5.74, 6) is 0. The lowest BCUT2D eigenvalue weighted by Crippen LogP contribution is -1.92. The van der Waals surface area contributed by atoms with Crippen molar-refractivity contribution in [3.8, 4) is 6.07 Å². The van der Waals surface area contributed by atoms with E-state index in [1.54, 1.807) is 12.1 Å². The van der Waals surface area contributed by atoms with Gasteiger partial charge in [0, 0.05) is 22.7 Å². The molecule has 0 fully saturated rings. The van der Waals surface area contributed by atoms with Crippen LogP contribution in [0.2, 0.25) is 0 Å². The molecule has 0 aliphatic heterocycles. The first kappa shape index (κ1) is 13.7. The minimum atomic E-state index is 0.660. The van der Waals surface area contributed by atoms with Gasteiger partial charge >= 0.3 is 0 Å². The molecule has 0 atom stereocenters. The lowest BCUT2D eigenvalue weighted by molar-refractivity contribution is 1.47. The van der Waals surface area contributed by atoms with E-state index in [-0.39, 0.29) is 0 Å². The highest BCUT2D eigenvalue weighted by Crippen LogP contribution is 2.21. The van der Waals surface area contributed by atoms with E-state index in [2.05, 4.69) is 16.7 Å². The van der Waals surface area contributed by atoms with Crippen LogP contribution in [-0.2, 0) is 0 Å². The lowest BCUT2D eigenvalue weighted by Gasteiger charge is -2.09. The minimum absolute atomic E-state index is 0.660. The molecule has 3 aromatic rings. The summed E-state index contributed by atoms with van der Waals surface area (Å²) < 4.78 is 0. The quantitative estimate of drug-likeness (QED) is 0.705. The molecular weight excluding hydrogens is 270 g/mol. The van der Waals surface area contributed by atoms with Crippen LogP contribution in [0, 0.1) is 11.3 Å². The molecule has 3 heteroatoms. The molecular formula is C19H15N3. The summed E-state index contributed by atoms with van der Waals surface area (Å²) >= 11 is 0. The highest BCUT2D eigenvalue weighted by atomic mass is 14.9. The van der Waals surface area contributed by atoms with E-state index in [1.807, 2.05) is 66.7 Å². The van der Waals surface area contributed by atoms with Gasteiger partial charge in [-0.3, -0.25) is 0 Å². The molecule has 0 amide bonds. The Morgan fingerprint density at radius 2 is 0.955 bits per heavy atom. The van der Waals surface area contributed by atoms with E-state index >= 15 is 0 Å². The van der Waals surface area contributed by atoms with Crippen molar-refractivity contribution >= 4 is 22.7 Å². The van der Waals surface area contributed by atoms with Gasteiger partial charge in [0.2, 0.25) is 0 Å². The van der Waals surface area contributed by atoms with E-state index in [4.69, 9.17) is 5.26 Å². The molecule has 106 valence electrons. The number of nitriles is 1. The molecule has 0 spiro atoms. The molecule has 0 saturated heterocycles. The fourth-order valence-electron chi connectivity index (χ4n) is 2.12. The SMILES string of the molecule is N#Cc1ccc(Nc2ccc(Nc3ccccc3)cc2)cc1. The lowest BCUT2D eigenvalue weighted by atomic mass is 10.2. The van der Waals surface area contributed by atoms with Gasteiger partial charge in [0.25, 0.3) is 0 Å². The third-order valence-corrected chi connectivity index (χ3v) is 3.25. The second kappa shape index (κ2) is 6.47. The van der Waals surface area contributed by atoms with E-state index in [1.165, 1.54) is 0 Å². The van der Waals surface area contributed by atoms with E-state index < -0.39 is 0 Å². The first-order valence-electron chi connectivity index (χ1n) is 7.03. The summed E-state index contributed by atoms with van der Waals surface area (Å²) in [4.78, 5) is 0. The molecule has 0 unspecified atom stereocenters. The minimum Gasteiger partial charge on any atom is -0.356 e. The van der Waals surface area contributed by atoms with E-state index in [0.717, 1.165) is 22.7 Å². The molecule has 22 heavy (non-hydrogen) atoms. The first-order chi connectivity index (χ1) is 10.8. The molecule has 0 radical (unpaired) electrons. The Kier molecular flexibility index (Phi) is 4.03. The van der Waals surface area contributed by atoms with Gasteiger partial charge in [-0.25, -0.2) is 0 Å². The highest BCUT2D eigenvalue weighted by Gasteiger charge is 1.97. The van der Waals surface area contributed by atoms with Crippen molar-refractivity contribution in [2.24, 2.45) is 0 Å². The molecule has 0 heterocycles. The van der Waals surface area contributed by atoms with Gasteiger partial charge in [-0.05, 0) is 60.7 Å². The summed E-state index contributed by atoms with van der Waals surface area (Å²) in [5.41, 5.74) is 4.73. The van der Waals surface area contributed by atoms with Gasteiger partial charge in [0.15, 0.2) is 0 Å². The number of hydrogen-bond donors (Lipinski definition) is 2. The van der Waals surface area contributed by atoms with Crippen LogP contribution in [0.25, 0.3) is 0 Å². The van der Waals surface area contributed by atoms with Crippen LogP contribution in [0.1, 0.15) is 5.56 Å². The zero-order valence-corrected chi connectivity index (χ0v) is 12.0. The van der Waals surface area contributed by atoms with Crippen LogP contribution in [0.5, 0.6) is 0 Å². The number of anilines is 4. The van der Waals surface area contributed by atoms with Gasteiger partial charge in [0.1, 0.15) is 0 Å². The third-order valence-electron chi connectivity index (χ3n) is 3.25. The summed E-state index contributed by atoms with van der Waals surface area (Å²) in [7, 11) is 0. The fraction of sp³-hybridized carbons (Fsp3) is 0. The van der Waals surface area contributed by atoms with E-state index in [9.17, 15) is 0 Å². The number of hydrogen-bond acceptors (Lipinski definition) is 3. The maximum Gasteiger partial charge on any atom is 0.0991 e. The molecule has 3 aromatic carbocycles. The topological polar surface area (TPSA) is 47.9 Å². The van der Waals surface area contributed by atoms with Crippen molar-refractivity contribution in [1.82, 2.24) is 0 Å². The number of benzene rings is 3. The largest absolute Gasteiger partial charge is 0.356 e. The van der Waals surface area contributed by atoms with Crippen LogP contribution in [0.4, 0.5) is 22.7 Å². The summed E-state index contributed by atoms with van der Waals surface area (Å²) in [6.45, 7) is 0. The average molecular weight is 285 g/mol. The number of para-hydroxylation sites is 1. The van der Waals surface area contributed by atoms with Crippen LogP contribution in [-0.4, -0.2) is 0 Å². The molecule has 2 N–H and O–H groups in total. The molecule has 0 bridgehead atoms. The summed E-state index contributed by atoms with van der Waals surface area (Å²) in [6.07, 6.45) is 0. The van der Waals surface area contributed by atoms with Crippen molar-refractivity contribution in [2.75, 3.05) is 10.6 Å². The van der Waals surface area contributed by atoms with Crippen molar-refractivity contribution in [1.29, 1.82) is 5.26 Å². The third kappa shape index (κ3) is 3.44. The fourth-order valence-corrected chi connectivity index (χ4v) is 2.12. The van der Waals surface area contributed by atoms with Gasteiger partial charge in [-0.2, -0.15) is 5.26 Å². The molecule has 0 aromatic heterocycles. The normalized spacial score (nSPS) is 9.77. The van der Waals surface area contributed by atoms with Crippen LogP contribution < -0.4 is 10.6 Å². The monoisotopic (exact) mass is 285 g/mol. The van der Waals surface area contributed by atoms with Crippen molar-refractivity contribution in [2.45, 2.75) is 0 Å². The van der Waals surface area contributed by atoms with Gasteiger partial charge in [-0.1, -0.05) is 18.2 Å². The molecule has 3 rings (SSSR count). The summed E-state index contributed by atoms with van der Waals surface area (Å²) in [6, 6.07) is 27.7. The predicted octanol–water partition coefficient (Wildman–Crippen LogP) is 5.05. The summed E-state index contributed by atoms with van der Waals surface area (Å²) in [5, 5.41) is 15.4. The Labute approximate surface area is 129 Å². The second-order valence-corrected chi connectivity index (χ2v) is 4.88. The van der Waals surface area contributed by atoms with Gasteiger partial charge in [0.05, 0.1) is 11.6 Å². The molecule has 0 saturated carbocycles. The molecule has 3 nitrogen and oxygen atoms in total. The molecule has 0 aliphatic carbocycles. The maximum atomic E-state index is 8.79. The Morgan fingerprint density at radius 3 is 1.41 bits per heavy atom. The van der Waals surface area contributed by atoms with Crippen LogP contribution in [0.15, 0.2) is 78.9 Å². The van der Waals surface area contributed by atoms with Crippen molar-refractivity contribution in [3.05, 3.63) is 84.4 Å². The Bertz CT molecular complexity index is 770. The smallest absolute Gasteiger partial charge is 0.0991 e. The zero-order chi connectivity index (χ0) is 15.2.